The highest BCUT2D eigenvalue weighted by molar-refractivity contribution is 5.33. The maximum Gasteiger partial charge on any atom is 0.213 e. The molecule has 116 valence electrons. The molecule has 1 aliphatic rings. The molecule has 0 spiro atoms. The van der Waals surface area contributed by atoms with E-state index in [1.807, 2.05) is 36.5 Å². The highest BCUT2D eigenvalue weighted by Crippen LogP contribution is 2.19. The molecule has 2 aromatic rings. The summed E-state index contributed by atoms with van der Waals surface area (Å²) in [4.78, 5) is 11.2. The van der Waals surface area contributed by atoms with Crippen molar-refractivity contribution < 1.29 is 4.74 Å². The quantitative estimate of drug-likeness (QED) is 0.887. The molecule has 1 atom stereocenters. The Morgan fingerprint density at radius 2 is 2.23 bits per heavy atom. The van der Waals surface area contributed by atoms with Gasteiger partial charge in [0.15, 0.2) is 0 Å². The monoisotopic (exact) mass is 298 g/mol. The first kappa shape index (κ1) is 14.8. The van der Waals surface area contributed by atoms with Crippen LogP contribution in [-0.2, 0) is 6.54 Å². The molecular weight excluding hydrogens is 276 g/mol. The van der Waals surface area contributed by atoms with Crippen molar-refractivity contribution in [1.29, 1.82) is 0 Å². The molecule has 3 heterocycles. The van der Waals surface area contributed by atoms with Crippen molar-refractivity contribution in [3.63, 3.8) is 0 Å². The zero-order valence-corrected chi connectivity index (χ0v) is 12.9. The van der Waals surface area contributed by atoms with E-state index >= 15 is 0 Å². The number of nitrogens with one attached hydrogen (secondary N) is 1. The van der Waals surface area contributed by atoms with Crippen molar-refractivity contribution in [2.45, 2.75) is 13.0 Å². The van der Waals surface area contributed by atoms with Gasteiger partial charge in [-0.2, -0.15) is 0 Å². The Hall–Kier alpha value is -2.14. The van der Waals surface area contributed by atoms with Crippen molar-refractivity contribution in [3.8, 4) is 5.88 Å². The van der Waals surface area contributed by atoms with Gasteiger partial charge in [-0.15, -0.1) is 0 Å². The van der Waals surface area contributed by atoms with E-state index in [1.165, 1.54) is 6.42 Å². The topological polar surface area (TPSA) is 50.3 Å². The van der Waals surface area contributed by atoms with Crippen LogP contribution >= 0.6 is 0 Å². The van der Waals surface area contributed by atoms with E-state index in [4.69, 9.17) is 4.74 Å². The van der Waals surface area contributed by atoms with Crippen molar-refractivity contribution >= 4 is 5.82 Å². The van der Waals surface area contributed by atoms with E-state index in [1.54, 1.807) is 7.11 Å². The number of rotatable bonds is 6. The minimum atomic E-state index is 0.660. The third kappa shape index (κ3) is 3.95. The number of pyridine rings is 2. The third-order valence-electron chi connectivity index (χ3n) is 3.98. The van der Waals surface area contributed by atoms with E-state index in [-0.39, 0.29) is 0 Å². The fourth-order valence-electron chi connectivity index (χ4n) is 2.83. The first-order chi connectivity index (χ1) is 10.8. The zero-order valence-electron chi connectivity index (χ0n) is 12.9. The van der Waals surface area contributed by atoms with Crippen LogP contribution < -0.4 is 10.1 Å². The number of ether oxygens (including phenoxy) is 1. The molecule has 0 aromatic carbocycles. The molecule has 0 amide bonds. The van der Waals surface area contributed by atoms with E-state index in [9.17, 15) is 0 Å². The second kappa shape index (κ2) is 7.22. The maximum absolute atomic E-state index is 5.18. The van der Waals surface area contributed by atoms with Gasteiger partial charge in [0.1, 0.15) is 5.82 Å². The summed E-state index contributed by atoms with van der Waals surface area (Å²) in [6, 6.07) is 11.9. The summed E-state index contributed by atoms with van der Waals surface area (Å²) >= 11 is 0. The smallest absolute Gasteiger partial charge is 0.213 e. The van der Waals surface area contributed by atoms with Gasteiger partial charge in [0.05, 0.1) is 12.8 Å². The van der Waals surface area contributed by atoms with E-state index in [2.05, 4.69) is 26.3 Å². The zero-order chi connectivity index (χ0) is 15.2. The van der Waals surface area contributed by atoms with Crippen molar-refractivity contribution in [3.05, 3.63) is 48.3 Å². The fraction of sp³-hybridized carbons (Fsp3) is 0.412. The molecule has 3 rings (SSSR count). The lowest BCUT2D eigenvalue weighted by Gasteiger charge is -2.16. The van der Waals surface area contributed by atoms with E-state index in [0.717, 1.165) is 37.7 Å². The van der Waals surface area contributed by atoms with Gasteiger partial charge in [-0.05, 0) is 37.1 Å². The first-order valence-electron chi connectivity index (χ1n) is 7.70. The molecule has 1 fully saturated rings. The summed E-state index contributed by atoms with van der Waals surface area (Å²) in [7, 11) is 1.65. The van der Waals surface area contributed by atoms with Crippen LogP contribution in [0.15, 0.2) is 42.6 Å². The highest BCUT2D eigenvalue weighted by atomic mass is 16.5. The first-order valence-corrected chi connectivity index (χ1v) is 7.70. The van der Waals surface area contributed by atoms with Crippen LogP contribution in [-0.4, -0.2) is 41.6 Å². The third-order valence-corrected chi connectivity index (χ3v) is 3.98. The molecule has 1 N–H and O–H groups in total. The highest BCUT2D eigenvalue weighted by Gasteiger charge is 2.22. The summed E-state index contributed by atoms with van der Waals surface area (Å²) in [5.74, 6) is 2.30. The van der Waals surface area contributed by atoms with Crippen molar-refractivity contribution in [2.75, 3.05) is 32.1 Å². The van der Waals surface area contributed by atoms with Crippen LogP contribution in [0.4, 0.5) is 5.82 Å². The molecule has 2 aromatic heterocycles. The number of nitrogens with zero attached hydrogens (tertiary/aromatic N) is 3. The molecule has 0 saturated carbocycles. The van der Waals surface area contributed by atoms with Crippen molar-refractivity contribution in [2.24, 2.45) is 5.92 Å². The fourth-order valence-corrected chi connectivity index (χ4v) is 2.83. The predicted molar refractivity (Wildman–Crippen MR) is 86.9 cm³/mol. The molecule has 0 radical (unpaired) electrons. The van der Waals surface area contributed by atoms with Gasteiger partial charge in [0, 0.05) is 31.9 Å². The number of anilines is 1. The van der Waals surface area contributed by atoms with Gasteiger partial charge >= 0.3 is 0 Å². The number of hydrogen-bond acceptors (Lipinski definition) is 5. The van der Waals surface area contributed by atoms with Crippen LogP contribution in [0.1, 0.15) is 12.1 Å². The molecule has 1 aliphatic heterocycles. The van der Waals surface area contributed by atoms with E-state index in [0.29, 0.717) is 11.8 Å². The van der Waals surface area contributed by atoms with Gasteiger partial charge in [-0.3, -0.25) is 4.90 Å². The lowest BCUT2D eigenvalue weighted by molar-refractivity contribution is 0.312. The average Bonchev–Trinajstić information content (AvgIpc) is 3.01. The minimum Gasteiger partial charge on any atom is -0.481 e. The second-order valence-electron chi connectivity index (χ2n) is 5.66. The summed E-state index contributed by atoms with van der Waals surface area (Å²) in [5, 5.41) is 3.42. The normalized spacial score (nSPS) is 18.3. The Bertz CT molecular complexity index is 590. The van der Waals surface area contributed by atoms with Gasteiger partial charge in [-0.25, -0.2) is 9.97 Å². The Kier molecular flexibility index (Phi) is 4.85. The maximum atomic E-state index is 5.18. The summed E-state index contributed by atoms with van der Waals surface area (Å²) in [5.41, 5.74) is 1.07. The molecule has 1 saturated heterocycles. The lowest BCUT2D eigenvalue weighted by Crippen LogP contribution is -2.23. The van der Waals surface area contributed by atoms with Crippen LogP contribution in [0.5, 0.6) is 5.88 Å². The molecule has 0 aliphatic carbocycles. The molecule has 0 bridgehead atoms. The van der Waals surface area contributed by atoms with Gasteiger partial charge < -0.3 is 10.1 Å². The molecule has 1 unspecified atom stereocenters. The number of aromatic nitrogens is 2. The Morgan fingerprint density at radius 3 is 3.05 bits per heavy atom. The van der Waals surface area contributed by atoms with E-state index < -0.39 is 0 Å². The Labute approximate surface area is 131 Å². The van der Waals surface area contributed by atoms with Crippen LogP contribution in [0.2, 0.25) is 0 Å². The predicted octanol–water partition coefficient (Wildman–Crippen LogP) is 2.42. The second-order valence-corrected chi connectivity index (χ2v) is 5.66. The van der Waals surface area contributed by atoms with Gasteiger partial charge in [-0.1, -0.05) is 12.1 Å². The standard InChI is InChI=1S/C17H22N4O/c1-22-17-7-4-5-15(20-17)13-21-10-8-14(12-21)11-19-16-6-2-3-9-18-16/h2-7,9,14H,8,10-13H2,1H3,(H,18,19). The number of methoxy groups -OCH3 is 1. The molecule has 5 nitrogen and oxygen atoms in total. The lowest BCUT2D eigenvalue weighted by atomic mass is 10.1. The Balaban J connectivity index is 1.47. The van der Waals surface area contributed by atoms with Crippen LogP contribution in [0, 0.1) is 5.92 Å². The summed E-state index contributed by atoms with van der Waals surface area (Å²) in [6.45, 7) is 4.07. The molecular formula is C17H22N4O. The Morgan fingerprint density at radius 1 is 1.27 bits per heavy atom. The minimum absolute atomic E-state index is 0.660. The largest absolute Gasteiger partial charge is 0.481 e. The van der Waals surface area contributed by atoms with Gasteiger partial charge in [0.2, 0.25) is 5.88 Å². The van der Waals surface area contributed by atoms with Crippen molar-refractivity contribution in [1.82, 2.24) is 14.9 Å². The molecule has 5 heteroatoms. The SMILES string of the molecule is COc1cccc(CN2CCC(CNc3ccccn3)C2)n1. The molecule has 22 heavy (non-hydrogen) atoms. The number of likely N-dealkylation sites (tertiary alicyclic amines) is 1. The average molecular weight is 298 g/mol. The summed E-state index contributed by atoms with van der Waals surface area (Å²) in [6.07, 6.45) is 3.03. The van der Waals surface area contributed by atoms with Crippen LogP contribution in [0.3, 0.4) is 0 Å². The van der Waals surface area contributed by atoms with Gasteiger partial charge in [0.25, 0.3) is 0 Å². The number of hydrogen-bond donors (Lipinski definition) is 1. The van der Waals surface area contributed by atoms with Crippen LogP contribution in [0.25, 0.3) is 0 Å². The summed E-state index contributed by atoms with van der Waals surface area (Å²) < 4.78 is 5.18.